The number of cyclic esters (lactones) is 1. The highest BCUT2D eigenvalue weighted by molar-refractivity contribution is 5.81. The summed E-state index contributed by atoms with van der Waals surface area (Å²) in [5, 5.41) is 2.55. The normalized spacial score (nSPS) is 26.2. The summed E-state index contributed by atoms with van der Waals surface area (Å²) in [6, 6.07) is 9.19. The first kappa shape index (κ1) is 22.0. The first-order valence-electron chi connectivity index (χ1n) is 9.64. The van der Waals surface area contributed by atoms with Crippen molar-refractivity contribution in [3.8, 4) is 0 Å². The van der Waals surface area contributed by atoms with E-state index < -0.39 is 23.7 Å². The Kier molecular flexibility index (Phi) is 7.63. The number of benzene rings is 1. The average molecular weight is 389 g/mol. The molecule has 1 aliphatic rings. The van der Waals surface area contributed by atoms with Gasteiger partial charge in [-0.25, -0.2) is 9.59 Å². The van der Waals surface area contributed by atoms with Crippen LogP contribution < -0.4 is 5.32 Å². The fraction of sp³-hybridized carbons (Fsp3) is 0.545. The summed E-state index contributed by atoms with van der Waals surface area (Å²) in [5.41, 5.74) is 0.527. The van der Waals surface area contributed by atoms with Gasteiger partial charge in [-0.05, 0) is 45.6 Å². The molecule has 28 heavy (non-hydrogen) atoms. The average Bonchev–Trinajstić information content (AvgIpc) is 2.64. The van der Waals surface area contributed by atoms with Gasteiger partial charge in [0.05, 0.1) is 13.2 Å². The minimum absolute atomic E-state index is 0.0277. The molecular weight excluding hydrogens is 358 g/mol. The summed E-state index contributed by atoms with van der Waals surface area (Å²) in [7, 11) is 0. The second-order valence-electron chi connectivity index (χ2n) is 8.14. The molecule has 0 aliphatic carbocycles. The molecule has 1 heterocycles. The molecule has 6 nitrogen and oxygen atoms in total. The van der Waals surface area contributed by atoms with Gasteiger partial charge < -0.3 is 19.5 Å². The summed E-state index contributed by atoms with van der Waals surface area (Å²) in [6.07, 6.45) is 1.54. The van der Waals surface area contributed by atoms with E-state index in [1.807, 2.05) is 31.2 Å². The van der Waals surface area contributed by atoms with Gasteiger partial charge in [-0.2, -0.15) is 0 Å². The Balaban J connectivity index is 2.09. The molecule has 0 unspecified atom stereocenters. The molecule has 1 N–H and O–H groups in total. The first-order chi connectivity index (χ1) is 13.2. The lowest BCUT2D eigenvalue weighted by Crippen LogP contribution is -2.47. The third kappa shape index (κ3) is 6.68. The van der Waals surface area contributed by atoms with Crippen molar-refractivity contribution in [2.24, 2.45) is 11.8 Å². The van der Waals surface area contributed by atoms with Crippen molar-refractivity contribution in [2.75, 3.05) is 13.2 Å². The van der Waals surface area contributed by atoms with Gasteiger partial charge >= 0.3 is 12.1 Å². The summed E-state index contributed by atoms with van der Waals surface area (Å²) in [5.74, 6) is -0.502. The van der Waals surface area contributed by atoms with E-state index in [0.717, 1.165) is 6.42 Å². The zero-order valence-corrected chi connectivity index (χ0v) is 17.1. The number of amides is 1. The number of alkyl carbamates (subject to hydrolysis) is 1. The van der Waals surface area contributed by atoms with Gasteiger partial charge in [-0.15, -0.1) is 6.58 Å². The van der Waals surface area contributed by atoms with Crippen molar-refractivity contribution in [2.45, 2.75) is 51.9 Å². The fourth-order valence-electron chi connectivity index (χ4n) is 3.29. The van der Waals surface area contributed by atoms with Crippen molar-refractivity contribution in [3.05, 3.63) is 48.6 Å². The van der Waals surface area contributed by atoms with Crippen LogP contribution in [0, 0.1) is 11.8 Å². The predicted octanol–water partition coefficient (Wildman–Crippen LogP) is 3.50. The smallest absolute Gasteiger partial charge is 0.408 e. The predicted molar refractivity (Wildman–Crippen MR) is 107 cm³/mol. The molecule has 1 fully saturated rings. The van der Waals surface area contributed by atoms with Crippen LogP contribution in [0.3, 0.4) is 0 Å². The summed E-state index contributed by atoms with van der Waals surface area (Å²) in [4.78, 5) is 24.6. The summed E-state index contributed by atoms with van der Waals surface area (Å²) in [6.45, 7) is 11.5. The highest BCUT2D eigenvalue weighted by atomic mass is 16.6. The van der Waals surface area contributed by atoms with Crippen LogP contribution >= 0.6 is 0 Å². The van der Waals surface area contributed by atoms with Crippen molar-refractivity contribution < 1.29 is 23.8 Å². The maximum Gasteiger partial charge on any atom is 0.408 e. The van der Waals surface area contributed by atoms with Crippen LogP contribution in [0.15, 0.2) is 43.0 Å². The molecule has 1 aromatic carbocycles. The molecule has 0 saturated carbocycles. The van der Waals surface area contributed by atoms with Crippen molar-refractivity contribution in [1.29, 1.82) is 0 Å². The number of hydrogen-bond acceptors (Lipinski definition) is 5. The van der Waals surface area contributed by atoms with Gasteiger partial charge in [0.1, 0.15) is 11.7 Å². The van der Waals surface area contributed by atoms with Crippen LogP contribution in [0.5, 0.6) is 0 Å². The number of hydrogen-bond donors (Lipinski definition) is 1. The Morgan fingerprint density at radius 2 is 1.96 bits per heavy atom. The zero-order chi connectivity index (χ0) is 20.7. The lowest BCUT2D eigenvalue weighted by atomic mass is 9.84. The van der Waals surface area contributed by atoms with Gasteiger partial charge in [0.2, 0.25) is 0 Å². The number of rotatable bonds is 4. The van der Waals surface area contributed by atoms with E-state index in [0.29, 0.717) is 6.61 Å². The fourth-order valence-corrected chi connectivity index (χ4v) is 3.29. The molecule has 0 radical (unpaired) electrons. The lowest BCUT2D eigenvalue weighted by Gasteiger charge is -2.28. The van der Waals surface area contributed by atoms with Crippen LogP contribution in [0.25, 0.3) is 0 Å². The maximum absolute atomic E-state index is 12.6. The van der Waals surface area contributed by atoms with Crippen LogP contribution in [0.4, 0.5) is 4.79 Å². The molecule has 1 amide bonds. The van der Waals surface area contributed by atoms with E-state index in [1.54, 1.807) is 20.8 Å². The van der Waals surface area contributed by atoms with Gasteiger partial charge in [0.15, 0.2) is 6.04 Å². The molecule has 1 aliphatic heterocycles. The first-order valence-corrected chi connectivity index (χ1v) is 9.64. The maximum atomic E-state index is 12.6. The molecule has 0 spiro atoms. The quantitative estimate of drug-likeness (QED) is 0.630. The molecule has 2 rings (SSSR count). The van der Waals surface area contributed by atoms with Gasteiger partial charge in [0, 0.05) is 5.92 Å². The molecule has 1 saturated heterocycles. The SMILES string of the molecule is C=C[C@@H]1[C@@H](Cc2ccccc2)COC[C@H](NC(=O)OC(C)(C)C)C(=O)O[C@H]1C. The van der Waals surface area contributed by atoms with Crippen molar-refractivity contribution in [1.82, 2.24) is 5.32 Å². The summed E-state index contributed by atoms with van der Waals surface area (Å²) >= 11 is 0. The molecule has 4 atom stereocenters. The highest BCUT2D eigenvalue weighted by Gasteiger charge is 2.34. The molecular formula is C22H31NO5. The minimum atomic E-state index is -0.918. The Labute approximate surface area is 167 Å². The van der Waals surface area contributed by atoms with E-state index in [9.17, 15) is 9.59 Å². The van der Waals surface area contributed by atoms with Gasteiger partial charge in [-0.1, -0.05) is 36.4 Å². The second kappa shape index (κ2) is 9.73. The third-order valence-electron chi connectivity index (χ3n) is 4.59. The minimum Gasteiger partial charge on any atom is -0.460 e. The van der Waals surface area contributed by atoms with Crippen LogP contribution in [-0.2, 0) is 25.4 Å². The molecule has 154 valence electrons. The van der Waals surface area contributed by atoms with Crippen LogP contribution in [0.1, 0.15) is 33.3 Å². The molecule has 1 aromatic rings. The van der Waals surface area contributed by atoms with Crippen LogP contribution in [0.2, 0.25) is 0 Å². The zero-order valence-electron chi connectivity index (χ0n) is 17.1. The van der Waals surface area contributed by atoms with E-state index >= 15 is 0 Å². The number of carbonyl (C=O) groups excluding carboxylic acids is 2. The Hall–Kier alpha value is -2.34. The van der Waals surface area contributed by atoms with E-state index in [2.05, 4.69) is 24.0 Å². The topological polar surface area (TPSA) is 73.9 Å². The number of nitrogens with one attached hydrogen (secondary N) is 1. The third-order valence-corrected chi connectivity index (χ3v) is 4.59. The highest BCUT2D eigenvalue weighted by Crippen LogP contribution is 2.26. The van der Waals surface area contributed by atoms with Crippen molar-refractivity contribution >= 4 is 12.1 Å². The Bertz CT molecular complexity index is 667. The van der Waals surface area contributed by atoms with E-state index in [1.165, 1.54) is 5.56 Å². The molecule has 6 heteroatoms. The monoisotopic (exact) mass is 389 g/mol. The lowest BCUT2D eigenvalue weighted by molar-refractivity contribution is -0.153. The molecule has 0 aromatic heterocycles. The Morgan fingerprint density at radius 3 is 2.57 bits per heavy atom. The van der Waals surface area contributed by atoms with Gasteiger partial charge in [-0.3, -0.25) is 0 Å². The number of esters is 1. The largest absolute Gasteiger partial charge is 0.460 e. The van der Waals surface area contributed by atoms with E-state index in [-0.39, 0.29) is 24.5 Å². The van der Waals surface area contributed by atoms with Crippen molar-refractivity contribution in [3.63, 3.8) is 0 Å². The molecule has 0 bridgehead atoms. The standard InChI is InChI=1S/C22H31NO5/c1-6-18-15(2)27-20(24)19(23-21(25)28-22(3,4)5)14-26-13-17(18)12-16-10-8-7-9-11-16/h6-11,15,17-19H,1,12-14H2,2-5H3,(H,23,25)/t15-,17-,18-,19-/m0/s1. The van der Waals surface area contributed by atoms with E-state index in [4.69, 9.17) is 14.2 Å². The Morgan fingerprint density at radius 1 is 1.29 bits per heavy atom. The van der Waals surface area contributed by atoms with Gasteiger partial charge in [0.25, 0.3) is 0 Å². The summed E-state index contributed by atoms with van der Waals surface area (Å²) < 4.78 is 16.7. The second-order valence-corrected chi connectivity index (χ2v) is 8.14. The number of carbonyl (C=O) groups is 2. The number of ether oxygens (including phenoxy) is 3. The van der Waals surface area contributed by atoms with Crippen LogP contribution in [-0.4, -0.2) is 43.0 Å².